The fourth-order valence-corrected chi connectivity index (χ4v) is 4.17. The van der Waals surface area contributed by atoms with Crippen LogP contribution < -0.4 is 16.0 Å². The third-order valence-electron chi connectivity index (χ3n) is 5.76. The van der Waals surface area contributed by atoms with Crippen LogP contribution in [0.3, 0.4) is 0 Å². The van der Waals surface area contributed by atoms with E-state index in [1.165, 1.54) is 19.3 Å². The van der Waals surface area contributed by atoms with Crippen LogP contribution >= 0.6 is 24.0 Å². The number of hydrogen-bond acceptors (Lipinski definition) is 3. The van der Waals surface area contributed by atoms with E-state index in [0.29, 0.717) is 18.9 Å². The Morgan fingerprint density at radius 2 is 1.94 bits per heavy atom. The van der Waals surface area contributed by atoms with Gasteiger partial charge in [-0.3, -0.25) is 4.79 Å². The van der Waals surface area contributed by atoms with Gasteiger partial charge in [0.1, 0.15) is 0 Å². The number of aliphatic hydroxyl groups is 1. The monoisotopic (exact) mass is 544 g/mol. The number of amides is 1. The highest BCUT2D eigenvalue weighted by Gasteiger charge is 2.31. The largest absolute Gasteiger partial charge is 0.396 e. The first-order chi connectivity index (χ1) is 14.5. The summed E-state index contributed by atoms with van der Waals surface area (Å²) in [6, 6.07) is 7.88. The van der Waals surface area contributed by atoms with Gasteiger partial charge in [-0.25, -0.2) is 4.99 Å². The minimum absolute atomic E-state index is 0. The molecule has 1 fully saturated rings. The van der Waals surface area contributed by atoms with Crippen LogP contribution in [0.15, 0.2) is 29.3 Å². The highest BCUT2D eigenvalue weighted by molar-refractivity contribution is 14.0. The van der Waals surface area contributed by atoms with E-state index >= 15 is 0 Å². The first-order valence-electron chi connectivity index (χ1n) is 11.5. The van der Waals surface area contributed by atoms with Crippen LogP contribution in [-0.2, 0) is 11.3 Å². The van der Waals surface area contributed by atoms with Gasteiger partial charge < -0.3 is 21.1 Å². The number of carbonyl (C=O) groups is 1. The summed E-state index contributed by atoms with van der Waals surface area (Å²) in [5.41, 5.74) is 2.04. The van der Waals surface area contributed by atoms with Crippen LogP contribution in [0.2, 0.25) is 0 Å². The zero-order valence-electron chi connectivity index (χ0n) is 19.4. The molecule has 0 heterocycles. The number of benzene rings is 1. The van der Waals surface area contributed by atoms with Gasteiger partial charge >= 0.3 is 0 Å². The van der Waals surface area contributed by atoms with Gasteiger partial charge in [-0.15, -0.1) is 24.0 Å². The molecule has 1 aromatic rings. The maximum atomic E-state index is 12.0. The molecule has 0 aromatic heterocycles. The van der Waals surface area contributed by atoms with Crippen molar-refractivity contribution in [2.75, 3.05) is 25.0 Å². The first-order valence-corrected chi connectivity index (χ1v) is 11.5. The Morgan fingerprint density at radius 1 is 1.19 bits per heavy atom. The number of guanidine groups is 1. The highest BCUT2D eigenvalue weighted by Crippen LogP contribution is 2.38. The van der Waals surface area contributed by atoms with Crippen molar-refractivity contribution in [3.63, 3.8) is 0 Å². The number of halogens is 1. The van der Waals surface area contributed by atoms with Crippen molar-refractivity contribution in [3.8, 4) is 0 Å². The lowest BCUT2D eigenvalue weighted by Crippen LogP contribution is -2.44. The topological polar surface area (TPSA) is 85.8 Å². The minimum Gasteiger partial charge on any atom is -0.396 e. The quantitative estimate of drug-likeness (QED) is 0.196. The van der Waals surface area contributed by atoms with E-state index < -0.39 is 0 Å². The van der Waals surface area contributed by atoms with Crippen molar-refractivity contribution in [3.05, 3.63) is 29.8 Å². The second-order valence-electron chi connectivity index (χ2n) is 8.93. The normalized spacial score (nSPS) is 15.8. The summed E-state index contributed by atoms with van der Waals surface area (Å²) in [7, 11) is 0. The number of rotatable bonds is 10. The van der Waals surface area contributed by atoms with Gasteiger partial charge in [0.2, 0.25) is 5.91 Å². The van der Waals surface area contributed by atoms with Gasteiger partial charge in [0, 0.05) is 31.8 Å². The Morgan fingerprint density at radius 3 is 2.58 bits per heavy atom. The van der Waals surface area contributed by atoms with E-state index in [4.69, 9.17) is 4.99 Å². The van der Waals surface area contributed by atoms with Gasteiger partial charge in [-0.2, -0.15) is 0 Å². The van der Waals surface area contributed by atoms with E-state index in [9.17, 15) is 9.90 Å². The molecule has 7 heteroatoms. The molecule has 0 spiro atoms. The Balaban J connectivity index is 0.00000480. The molecule has 0 aliphatic heterocycles. The molecule has 1 aliphatic carbocycles. The van der Waals surface area contributed by atoms with Gasteiger partial charge in [-0.1, -0.05) is 45.2 Å². The van der Waals surface area contributed by atoms with Crippen molar-refractivity contribution in [1.82, 2.24) is 10.6 Å². The zero-order chi connectivity index (χ0) is 21.8. The Hall–Kier alpha value is -1.35. The molecule has 176 valence electrons. The maximum absolute atomic E-state index is 12.0. The number of anilines is 1. The Labute approximate surface area is 205 Å². The zero-order valence-corrected chi connectivity index (χ0v) is 21.7. The molecule has 1 aliphatic rings. The predicted octanol–water partition coefficient (Wildman–Crippen LogP) is 4.68. The number of nitrogens with one attached hydrogen (secondary N) is 3. The summed E-state index contributed by atoms with van der Waals surface area (Å²) in [6.07, 6.45) is 7.47. The molecule has 0 atom stereocenters. The lowest BCUT2D eigenvalue weighted by molar-refractivity contribution is -0.116. The van der Waals surface area contributed by atoms with Crippen molar-refractivity contribution in [2.24, 2.45) is 16.3 Å². The van der Waals surface area contributed by atoms with Gasteiger partial charge in [0.15, 0.2) is 5.96 Å². The molecule has 0 radical (unpaired) electrons. The number of nitrogens with zero attached hydrogens (tertiary/aromatic N) is 1. The molecule has 2 rings (SSSR count). The highest BCUT2D eigenvalue weighted by atomic mass is 127. The summed E-state index contributed by atoms with van der Waals surface area (Å²) in [4.78, 5) is 16.8. The molecule has 1 saturated carbocycles. The Bertz CT molecular complexity index is 682. The van der Waals surface area contributed by atoms with Crippen LogP contribution in [0, 0.1) is 11.3 Å². The molecular formula is C24H41IN4O2. The van der Waals surface area contributed by atoms with Crippen LogP contribution in [-0.4, -0.2) is 36.7 Å². The molecule has 0 bridgehead atoms. The number of carbonyl (C=O) groups excluding carboxylic acids is 1. The van der Waals surface area contributed by atoms with Gasteiger partial charge in [0.05, 0.1) is 6.54 Å². The summed E-state index contributed by atoms with van der Waals surface area (Å²) in [6.45, 7) is 8.55. The van der Waals surface area contributed by atoms with Crippen LogP contribution in [0.4, 0.5) is 5.69 Å². The second kappa shape index (κ2) is 14.7. The van der Waals surface area contributed by atoms with Crippen molar-refractivity contribution in [1.29, 1.82) is 0 Å². The molecule has 4 N–H and O–H groups in total. The average molecular weight is 545 g/mol. The maximum Gasteiger partial charge on any atom is 0.224 e. The fourth-order valence-electron chi connectivity index (χ4n) is 4.17. The molecule has 0 saturated heterocycles. The molecule has 1 amide bonds. The van der Waals surface area contributed by atoms with Crippen molar-refractivity contribution in [2.45, 2.75) is 72.3 Å². The Kier molecular flexibility index (Phi) is 13.1. The second-order valence-corrected chi connectivity index (χ2v) is 8.93. The number of aliphatic hydroxyl groups excluding tert-OH is 1. The molecular weight excluding hydrogens is 503 g/mol. The predicted molar refractivity (Wildman–Crippen MR) is 140 cm³/mol. The van der Waals surface area contributed by atoms with Crippen LogP contribution in [0.25, 0.3) is 0 Å². The van der Waals surface area contributed by atoms with E-state index in [2.05, 4.69) is 22.9 Å². The number of hydrogen-bond donors (Lipinski definition) is 4. The molecule has 0 unspecified atom stereocenters. The average Bonchev–Trinajstić information content (AvgIpc) is 2.71. The van der Waals surface area contributed by atoms with Crippen molar-refractivity contribution < 1.29 is 9.90 Å². The lowest BCUT2D eigenvalue weighted by atomic mass is 9.72. The third-order valence-corrected chi connectivity index (χ3v) is 5.76. The van der Waals surface area contributed by atoms with Crippen LogP contribution in [0.5, 0.6) is 0 Å². The van der Waals surface area contributed by atoms with Gasteiger partial charge in [-0.05, 0) is 55.2 Å². The minimum atomic E-state index is 0. The summed E-state index contributed by atoms with van der Waals surface area (Å²) >= 11 is 0. The molecule has 1 aromatic carbocycles. The molecule has 6 nitrogen and oxygen atoms in total. The van der Waals surface area contributed by atoms with E-state index in [1.54, 1.807) is 0 Å². The van der Waals surface area contributed by atoms with E-state index in [1.807, 2.05) is 38.1 Å². The van der Waals surface area contributed by atoms with E-state index in [0.717, 1.165) is 49.6 Å². The SMILES string of the molecule is CCNC(=NCc1cccc(NC(=O)CC(C)C)c1)NCC1(CCO)CCCCC1.I. The third kappa shape index (κ3) is 10.2. The summed E-state index contributed by atoms with van der Waals surface area (Å²) in [5, 5.41) is 19.3. The fraction of sp³-hybridized carbons (Fsp3) is 0.667. The van der Waals surface area contributed by atoms with Crippen LogP contribution in [0.1, 0.15) is 71.3 Å². The summed E-state index contributed by atoms with van der Waals surface area (Å²) in [5.74, 6) is 1.18. The van der Waals surface area contributed by atoms with E-state index in [-0.39, 0.29) is 41.9 Å². The smallest absolute Gasteiger partial charge is 0.224 e. The summed E-state index contributed by atoms with van der Waals surface area (Å²) < 4.78 is 0. The van der Waals surface area contributed by atoms with Gasteiger partial charge in [0.25, 0.3) is 0 Å². The van der Waals surface area contributed by atoms with Crippen molar-refractivity contribution >= 4 is 41.5 Å². The lowest BCUT2D eigenvalue weighted by Gasteiger charge is -2.37. The first kappa shape index (κ1) is 27.7. The number of aliphatic imine (C=N–C) groups is 1. The standard InChI is InChI=1S/C24H40N4O2.HI/c1-4-25-23(27-18-24(13-14-29)11-6-5-7-12-24)26-17-20-9-8-10-21(16-20)28-22(30)15-19(2)3;/h8-10,16,19,29H,4-7,11-15,17-18H2,1-3H3,(H,28,30)(H2,25,26,27);1H. The molecule has 31 heavy (non-hydrogen) atoms.